The third-order valence-corrected chi connectivity index (χ3v) is 4.98. The lowest BCUT2D eigenvalue weighted by atomic mass is 9.92. The number of hydrogen-bond donors (Lipinski definition) is 1. The highest BCUT2D eigenvalue weighted by Gasteiger charge is 2.35. The Labute approximate surface area is 119 Å². The van der Waals surface area contributed by atoms with Gasteiger partial charge in [0.2, 0.25) is 0 Å². The number of hydrogen-bond acceptors (Lipinski definition) is 3. The van der Waals surface area contributed by atoms with Crippen LogP contribution in [0.1, 0.15) is 18.5 Å². The third kappa shape index (κ3) is 1.95. The van der Waals surface area contributed by atoms with Crippen molar-refractivity contribution in [3.63, 3.8) is 0 Å². The van der Waals surface area contributed by atoms with Crippen LogP contribution in [0.5, 0.6) is 0 Å². The number of fused-ring (bicyclic) bond motifs is 2. The van der Waals surface area contributed by atoms with Gasteiger partial charge in [-0.25, -0.2) is 0 Å². The molecule has 0 aliphatic carbocycles. The van der Waals surface area contributed by atoms with E-state index in [9.17, 15) is 0 Å². The SMILES string of the molecule is Cn1nc(CN2CCCC3CNCC32)c2ccccc21. The maximum Gasteiger partial charge on any atom is 0.0843 e. The van der Waals surface area contributed by atoms with Crippen molar-refractivity contribution < 1.29 is 0 Å². The van der Waals surface area contributed by atoms with Crippen LogP contribution >= 0.6 is 0 Å². The normalized spacial score (nSPS) is 27.1. The molecule has 4 nitrogen and oxygen atoms in total. The van der Waals surface area contributed by atoms with Crippen molar-refractivity contribution >= 4 is 10.9 Å². The van der Waals surface area contributed by atoms with Gasteiger partial charge >= 0.3 is 0 Å². The number of benzene rings is 1. The van der Waals surface area contributed by atoms with Crippen molar-refractivity contribution in [2.75, 3.05) is 19.6 Å². The molecule has 1 aromatic carbocycles. The van der Waals surface area contributed by atoms with E-state index in [0.29, 0.717) is 6.04 Å². The number of likely N-dealkylation sites (tertiary alicyclic amines) is 1. The molecule has 2 atom stereocenters. The van der Waals surface area contributed by atoms with Gasteiger partial charge in [-0.15, -0.1) is 0 Å². The molecule has 0 amide bonds. The van der Waals surface area contributed by atoms with Crippen LogP contribution in [0, 0.1) is 5.92 Å². The van der Waals surface area contributed by atoms with Crippen LogP contribution in [0.15, 0.2) is 24.3 Å². The predicted molar refractivity (Wildman–Crippen MR) is 80.5 cm³/mol. The summed E-state index contributed by atoms with van der Waals surface area (Å²) in [6.45, 7) is 4.55. The molecule has 4 rings (SSSR count). The van der Waals surface area contributed by atoms with Gasteiger partial charge in [0, 0.05) is 31.6 Å². The van der Waals surface area contributed by atoms with Crippen molar-refractivity contribution in [3.05, 3.63) is 30.0 Å². The van der Waals surface area contributed by atoms with Crippen LogP contribution in [-0.4, -0.2) is 40.4 Å². The second-order valence-electron chi connectivity index (χ2n) is 6.19. The Balaban J connectivity index is 1.64. The summed E-state index contributed by atoms with van der Waals surface area (Å²) in [5.41, 5.74) is 2.47. The van der Waals surface area contributed by atoms with Gasteiger partial charge in [-0.05, 0) is 37.9 Å². The summed E-state index contributed by atoms with van der Waals surface area (Å²) in [6, 6.07) is 9.27. The van der Waals surface area contributed by atoms with E-state index < -0.39 is 0 Å². The molecule has 2 aliphatic heterocycles. The first-order chi connectivity index (χ1) is 9.83. The second-order valence-corrected chi connectivity index (χ2v) is 6.19. The van der Waals surface area contributed by atoms with Crippen molar-refractivity contribution in [3.8, 4) is 0 Å². The molecule has 2 saturated heterocycles. The van der Waals surface area contributed by atoms with Gasteiger partial charge in [0.1, 0.15) is 0 Å². The molecule has 2 aliphatic rings. The van der Waals surface area contributed by atoms with Crippen LogP contribution in [0.3, 0.4) is 0 Å². The number of piperidine rings is 1. The average molecular weight is 270 g/mol. The maximum atomic E-state index is 4.75. The number of nitrogens with one attached hydrogen (secondary N) is 1. The summed E-state index contributed by atoms with van der Waals surface area (Å²) in [4.78, 5) is 2.64. The Hall–Kier alpha value is -1.39. The van der Waals surface area contributed by atoms with Crippen molar-refractivity contribution in [2.45, 2.75) is 25.4 Å². The Bertz CT molecular complexity index is 618. The van der Waals surface area contributed by atoms with Crippen LogP contribution in [-0.2, 0) is 13.6 Å². The summed E-state index contributed by atoms with van der Waals surface area (Å²) in [7, 11) is 2.04. The molecule has 0 radical (unpaired) electrons. The zero-order valence-electron chi connectivity index (χ0n) is 12.0. The Kier molecular flexibility index (Phi) is 3.00. The van der Waals surface area contributed by atoms with Gasteiger partial charge in [0.25, 0.3) is 0 Å². The van der Waals surface area contributed by atoms with E-state index in [0.717, 1.165) is 19.0 Å². The highest BCUT2D eigenvalue weighted by molar-refractivity contribution is 5.81. The zero-order chi connectivity index (χ0) is 13.5. The van der Waals surface area contributed by atoms with E-state index >= 15 is 0 Å². The van der Waals surface area contributed by atoms with Gasteiger partial charge in [0.05, 0.1) is 11.2 Å². The summed E-state index contributed by atoms with van der Waals surface area (Å²) in [5.74, 6) is 0.846. The van der Waals surface area contributed by atoms with E-state index in [1.165, 1.54) is 42.5 Å². The molecule has 2 aromatic rings. The molecule has 4 heteroatoms. The number of aryl methyl sites for hydroxylation is 1. The lowest BCUT2D eigenvalue weighted by molar-refractivity contribution is 0.116. The minimum absolute atomic E-state index is 0.713. The van der Waals surface area contributed by atoms with Crippen LogP contribution < -0.4 is 5.32 Å². The Morgan fingerprint density at radius 1 is 1.30 bits per heavy atom. The van der Waals surface area contributed by atoms with E-state index in [1.807, 2.05) is 11.7 Å². The molecule has 106 valence electrons. The van der Waals surface area contributed by atoms with E-state index in [2.05, 4.69) is 34.5 Å². The molecule has 0 bridgehead atoms. The lowest BCUT2D eigenvalue weighted by Crippen LogP contribution is -2.44. The number of aromatic nitrogens is 2. The van der Waals surface area contributed by atoms with Crippen molar-refractivity contribution in [1.82, 2.24) is 20.0 Å². The first kappa shape index (κ1) is 12.4. The Morgan fingerprint density at radius 3 is 3.15 bits per heavy atom. The third-order valence-electron chi connectivity index (χ3n) is 4.98. The van der Waals surface area contributed by atoms with Gasteiger partial charge in [0.15, 0.2) is 0 Å². The molecular formula is C16H22N4. The summed E-state index contributed by atoms with van der Waals surface area (Å²) in [6.07, 6.45) is 2.71. The first-order valence-electron chi connectivity index (χ1n) is 7.68. The van der Waals surface area contributed by atoms with Crippen LogP contribution in [0.2, 0.25) is 0 Å². The van der Waals surface area contributed by atoms with E-state index in [4.69, 9.17) is 5.10 Å². The second kappa shape index (κ2) is 4.86. The lowest BCUT2D eigenvalue weighted by Gasteiger charge is -2.36. The molecule has 20 heavy (non-hydrogen) atoms. The number of rotatable bonds is 2. The summed E-state index contributed by atoms with van der Waals surface area (Å²) < 4.78 is 2.01. The molecule has 0 spiro atoms. The average Bonchev–Trinajstić information content (AvgIpc) is 3.06. The van der Waals surface area contributed by atoms with Crippen molar-refractivity contribution in [2.24, 2.45) is 13.0 Å². The van der Waals surface area contributed by atoms with Crippen molar-refractivity contribution in [1.29, 1.82) is 0 Å². The molecule has 1 N–H and O–H groups in total. The molecule has 2 fully saturated rings. The molecule has 3 heterocycles. The first-order valence-corrected chi connectivity index (χ1v) is 7.68. The molecule has 2 unspecified atom stereocenters. The highest BCUT2D eigenvalue weighted by atomic mass is 15.3. The Morgan fingerprint density at radius 2 is 2.20 bits per heavy atom. The fourth-order valence-corrected chi connectivity index (χ4v) is 3.96. The fraction of sp³-hybridized carbons (Fsp3) is 0.562. The van der Waals surface area contributed by atoms with Gasteiger partial charge in [-0.2, -0.15) is 5.10 Å². The topological polar surface area (TPSA) is 33.1 Å². The summed E-state index contributed by atoms with van der Waals surface area (Å²) >= 11 is 0. The standard InChI is InChI=1S/C16H22N4/c1-19-15-7-3-2-6-13(15)14(18-19)11-20-8-4-5-12-9-17-10-16(12)20/h2-3,6-7,12,16-17H,4-5,8-11H2,1H3. The minimum Gasteiger partial charge on any atom is -0.315 e. The minimum atomic E-state index is 0.713. The van der Waals surface area contributed by atoms with Gasteiger partial charge < -0.3 is 5.32 Å². The largest absolute Gasteiger partial charge is 0.315 e. The quantitative estimate of drug-likeness (QED) is 0.902. The predicted octanol–water partition coefficient (Wildman–Crippen LogP) is 1.76. The zero-order valence-corrected chi connectivity index (χ0v) is 12.0. The van der Waals surface area contributed by atoms with Gasteiger partial charge in [-0.3, -0.25) is 9.58 Å². The monoisotopic (exact) mass is 270 g/mol. The molecule has 0 saturated carbocycles. The van der Waals surface area contributed by atoms with Crippen LogP contribution in [0.4, 0.5) is 0 Å². The van der Waals surface area contributed by atoms with Crippen LogP contribution in [0.25, 0.3) is 10.9 Å². The number of para-hydroxylation sites is 1. The smallest absolute Gasteiger partial charge is 0.0843 e. The fourth-order valence-electron chi connectivity index (χ4n) is 3.96. The van der Waals surface area contributed by atoms with Gasteiger partial charge in [-0.1, -0.05) is 18.2 Å². The number of nitrogens with zero attached hydrogens (tertiary/aromatic N) is 3. The highest BCUT2D eigenvalue weighted by Crippen LogP contribution is 2.29. The molecule has 1 aromatic heterocycles. The molecular weight excluding hydrogens is 248 g/mol. The maximum absolute atomic E-state index is 4.75. The van der Waals surface area contributed by atoms with E-state index in [1.54, 1.807) is 0 Å². The van der Waals surface area contributed by atoms with E-state index in [-0.39, 0.29) is 0 Å². The summed E-state index contributed by atoms with van der Waals surface area (Å²) in [5, 5.41) is 9.62.